The Morgan fingerprint density at radius 2 is 0.830 bits per heavy atom. The molecule has 30 nitrogen and oxygen atoms in total. The lowest BCUT2D eigenvalue weighted by Gasteiger charge is -2.23. The molecule has 4 aliphatic rings. The van der Waals surface area contributed by atoms with Crippen LogP contribution in [0.3, 0.4) is 0 Å². The van der Waals surface area contributed by atoms with Gasteiger partial charge in [-0.05, 0) is 111 Å². The molecule has 0 saturated carbocycles. The van der Waals surface area contributed by atoms with Crippen LogP contribution in [0, 0.1) is 6.92 Å². The number of hydrogen-bond acceptors (Lipinski definition) is 21. The number of H-pyrrole nitrogens is 4. The van der Waals surface area contributed by atoms with Gasteiger partial charge in [0.25, 0.3) is 5.69 Å². The third-order valence-electron chi connectivity index (χ3n) is 18.6. The van der Waals surface area contributed by atoms with Gasteiger partial charge < -0.3 is 37.0 Å². The lowest BCUT2D eigenvalue weighted by molar-refractivity contribution is -0.706. The predicted octanol–water partition coefficient (Wildman–Crippen LogP) is 12.1. The minimum Gasteiger partial charge on any atom is -0.497 e. The monoisotopic (exact) mass is 1410 g/mol. The normalized spacial score (nSPS) is 16.1. The quantitative estimate of drug-likeness (QED) is 0.0262. The van der Waals surface area contributed by atoms with E-state index in [2.05, 4.69) is 134 Å². The van der Waals surface area contributed by atoms with E-state index in [0.717, 1.165) is 139 Å². The van der Waals surface area contributed by atoms with Gasteiger partial charge in [0.1, 0.15) is 17.3 Å². The number of ether oxygens (including phenoxy) is 2. The van der Waals surface area contributed by atoms with Crippen molar-refractivity contribution in [3.05, 3.63) is 241 Å². The molecule has 524 valence electrons. The summed E-state index contributed by atoms with van der Waals surface area (Å²) >= 11 is 0. The van der Waals surface area contributed by atoms with E-state index in [1.165, 1.54) is 5.56 Å². The van der Waals surface area contributed by atoms with E-state index < -0.39 is 6.17 Å². The van der Waals surface area contributed by atoms with Crippen LogP contribution in [0.2, 0.25) is 0 Å². The van der Waals surface area contributed by atoms with Crippen LogP contribution in [0.4, 0.5) is 29.5 Å². The Balaban J connectivity index is 0.000000104. The van der Waals surface area contributed by atoms with Crippen LogP contribution in [0.25, 0.3) is 88.8 Å². The average Bonchev–Trinajstić information content (AvgIpc) is 1.61. The number of rotatable bonds is 10. The van der Waals surface area contributed by atoms with E-state index in [1.54, 1.807) is 32.7 Å². The number of amidine groups is 1. The molecule has 0 bridgehead atoms. The number of aryl methyl sites for hydroxylation is 1. The van der Waals surface area contributed by atoms with Crippen LogP contribution in [-0.4, -0.2) is 128 Å². The number of methoxy groups -OCH3 is 2. The summed E-state index contributed by atoms with van der Waals surface area (Å²) in [4.78, 5) is 40.7. The van der Waals surface area contributed by atoms with Crippen molar-refractivity contribution in [3.63, 3.8) is 0 Å². The third kappa shape index (κ3) is 11.7. The lowest BCUT2D eigenvalue weighted by Crippen LogP contribution is -2.31. The van der Waals surface area contributed by atoms with Crippen LogP contribution in [0.1, 0.15) is 59.4 Å². The Hall–Kier alpha value is -14.8. The topological polar surface area (TPSA) is 390 Å². The van der Waals surface area contributed by atoms with Crippen LogP contribution < -0.4 is 47.9 Å². The molecule has 0 fully saturated rings. The molecule has 0 aliphatic carbocycles. The summed E-state index contributed by atoms with van der Waals surface area (Å²) in [6, 6.07) is 61.3. The number of aromatic amines is 4. The Bertz CT molecular complexity index is 6190. The molecule has 8 aromatic heterocycles. The highest BCUT2D eigenvalue weighted by Crippen LogP contribution is 2.42. The van der Waals surface area contributed by atoms with Crippen molar-refractivity contribution in [2.75, 3.05) is 35.5 Å². The molecular formula is C76H68N27O3+. The maximum atomic E-state index is 9.66. The van der Waals surface area contributed by atoms with Gasteiger partial charge in [0.05, 0.1) is 94.0 Å². The first-order chi connectivity index (χ1) is 51.8. The smallest absolute Gasteiger partial charge is 0.257 e. The van der Waals surface area contributed by atoms with E-state index in [-0.39, 0.29) is 24.5 Å². The fourth-order valence-corrected chi connectivity index (χ4v) is 13.8. The van der Waals surface area contributed by atoms with Crippen molar-refractivity contribution in [1.29, 1.82) is 0 Å². The Kier molecular flexibility index (Phi) is 16.2. The second-order valence-electron chi connectivity index (χ2n) is 25.2. The minimum absolute atomic E-state index is 0.176. The molecule has 4 unspecified atom stereocenters. The fraction of sp³-hybridized carbons (Fsp3) is 0.105. The largest absolute Gasteiger partial charge is 0.497 e. The number of nitrogens with one attached hydrogen (secondary N) is 8. The number of nitrogens with two attached hydrogens (primary N) is 3. The first-order valence-electron chi connectivity index (χ1n) is 33.7. The second kappa shape index (κ2) is 26.6. The molecule has 15 N–H and O–H groups in total. The van der Waals surface area contributed by atoms with Gasteiger partial charge >= 0.3 is 0 Å². The highest BCUT2D eigenvalue weighted by atomic mass is 16.5. The lowest BCUT2D eigenvalue weighted by atomic mass is 10.0. The maximum Gasteiger partial charge on any atom is 0.257 e. The van der Waals surface area contributed by atoms with Crippen molar-refractivity contribution in [2.45, 2.75) is 38.5 Å². The van der Waals surface area contributed by atoms with E-state index >= 15 is 0 Å². The summed E-state index contributed by atoms with van der Waals surface area (Å²) in [5, 5.41) is 45.2. The molecule has 12 heterocycles. The predicted molar refractivity (Wildman–Crippen MR) is 411 cm³/mol. The van der Waals surface area contributed by atoms with Gasteiger partial charge in [0, 0.05) is 72.9 Å². The number of aliphatic imine (C=N–C) groups is 4. The van der Waals surface area contributed by atoms with E-state index in [9.17, 15) is 5.21 Å². The molecule has 16 aromatic rings. The molecule has 4 atom stereocenters. The van der Waals surface area contributed by atoms with Crippen molar-refractivity contribution < 1.29 is 19.4 Å². The van der Waals surface area contributed by atoms with Gasteiger partial charge in [-0.25, -0.2) is 39.9 Å². The number of imidazole rings is 4. The van der Waals surface area contributed by atoms with Crippen molar-refractivity contribution in [2.24, 2.45) is 37.2 Å². The Morgan fingerprint density at radius 1 is 0.425 bits per heavy atom. The molecule has 0 amide bonds. The number of anilines is 4. The molecule has 30 heteroatoms. The van der Waals surface area contributed by atoms with E-state index in [0.29, 0.717) is 35.5 Å². The molecule has 8 aromatic carbocycles. The van der Waals surface area contributed by atoms with Gasteiger partial charge in [0.15, 0.2) is 49.3 Å². The van der Waals surface area contributed by atoms with E-state index in [4.69, 9.17) is 36.7 Å². The Morgan fingerprint density at radius 3 is 1.27 bits per heavy atom. The molecule has 0 spiro atoms. The number of nitrogens with zero attached hydrogens (tertiary/aromatic N) is 16. The summed E-state index contributed by atoms with van der Waals surface area (Å²) < 4.78 is 19.7. The first-order valence-corrected chi connectivity index (χ1v) is 33.7. The molecule has 0 radical (unpaired) electrons. The van der Waals surface area contributed by atoms with Crippen LogP contribution in [0.15, 0.2) is 233 Å². The number of guanidine groups is 3. The number of fused-ring (bicyclic) bond motifs is 13. The van der Waals surface area contributed by atoms with Crippen molar-refractivity contribution in [3.8, 4) is 45.3 Å². The number of hydrogen-bond donors (Lipinski definition) is 12. The van der Waals surface area contributed by atoms with Crippen molar-refractivity contribution >= 4 is 115 Å². The van der Waals surface area contributed by atoms with Gasteiger partial charge in [-0.1, -0.05) is 84.4 Å². The summed E-state index contributed by atoms with van der Waals surface area (Å²) in [5.41, 5.74) is 37.7. The number of aromatic nitrogens is 15. The maximum absolute atomic E-state index is 9.66. The zero-order valence-electron chi connectivity index (χ0n) is 57.4. The first kappa shape index (κ1) is 64.5. The zero-order chi connectivity index (χ0) is 72.3. The van der Waals surface area contributed by atoms with E-state index in [1.807, 2.05) is 186 Å². The standard InChI is InChI=1S/C19H17N8O.C19H17N7O.C19H17N7.C19H17N5O/c1-26(28)12-6-4-5-11(9-12)16-13(10-21-25-16)17-23-18(20)24-19-22-14-7-2-3-8-15(14)27(17)19;1-27-12-8-6-11(7-9-12)16-13(10-21-25-16)17-23-18(20)24-19-22-14-4-2-3-5-15(14)26(17)19;1-11-5-4-6-12(9-11)16-13(10-21-25-16)17-23-18(20)24-19-22-14-7-2-3-8-15(14)26(17)19;1-11-21-18(14-10-20-15-8-7-12(25-2)9-13(14)15)24-17-6-4-3-5-16(17)23-19(24)22-11/h2-10,17,28H,1H2,(H,21,25)(H3,20,22,23,24);2-10,17H,1H3,(H,21,25)(H3,20,22,23,24);2-10,17H,1H3,(H,21,25)(H3,20,22,23,24);3-10,18,20H,1-2H3,(H,21,22,23)/q+1;;;. The van der Waals surface area contributed by atoms with Gasteiger partial charge in [-0.2, -0.15) is 15.3 Å². The van der Waals surface area contributed by atoms with Gasteiger partial charge in [-0.3, -0.25) is 54.7 Å². The summed E-state index contributed by atoms with van der Waals surface area (Å²) in [6.07, 6.45) is 6.02. The van der Waals surface area contributed by atoms with Crippen LogP contribution >= 0.6 is 0 Å². The molecular weight excluding hydrogens is 1340 g/mol. The highest BCUT2D eigenvalue weighted by molar-refractivity contribution is 5.99. The second-order valence-corrected chi connectivity index (χ2v) is 25.2. The summed E-state index contributed by atoms with van der Waals surface area (Å²) in [5.74, 6) is 6.22. The SMILES string of the molecule is C=[N+](O)c1cccc(-c2[nH]ncc2C2N=C(N)Nc3nc4ccccc4n32)c1.COc1ccc(-c2[nH]ncc2C2N=C(N)Nc3nc4ccccc4n32)cc1.COc1ccc2[nH]cc(C3N=C(C)Nc4nc5ccccc5n43)c2c1.Cc1cccc(-c2[nH]ncc2C2N=C(N)Nc3nc4ccccc4n32)c1. The molecule has 20 rings (SSSR count). The number of para-hydroxylation sites is 8. The summed E-state index contributed by atoms with van der Waals surface area (Å²) in [6.45, 7) is 7.55. The van der Waals surface area contributed by atoms with Crippen molar-refractivity contribution in [1.82, 2.24) is 73.8 Å². The fourth-order valence-electron chi connectivity index (χ4n) is 13.8. The summed E-state index contributed by atoms with van der Waals surface area (Å²) in [7, 11) is 3.33. The van der Waals surface area contributed by atoms with Gasteiger partial charge in [-0.15, -0.1) is 0 Å². The van der Waals surface area contributed by atoms with Crippen LogP contribution in [-0.2, 0) is 0 Å². The average molecular weight is 1410 g/mol. The highest BCUT2D eigenvalue weighted by Gasteiger charge is 2.33. The zero-order valence-corrected chi connectivity index (χ0v) is 57.4. The van der Waals surface area contributed by atoms with Gasteiger partial charge in [0.2, 0.25) is 23.8 Å². The number of benzene rings is 8. The molecule has 0 saturated heterocycles. The Labute approximate surface area is 602 Å². The minimum atomic E-state index is -0.439. The molecule has 106 heavy (non-hydrogen) atoms. The third-order valence-corrected chi connectivity index (χ3v) is 18.6. The molecule has 4 aliphatic heterocycles. The van der Waals surface area contributed by atoms with Crippen LogP contribution in [0.5, 0.6) is 11.5 Å².